The number of rotatable bonds is 5. The number of halogens is 1. The molecule has 3 heteroatoms. The number of hydrogen-bond donors (Lipinski definition) is 1. The molecule has 0 aliphatic carbocycles. The Labute approximate surface area is 136 Å². The van der Waals surface area contributed by atoms with Gasteiger partial charge in [0, 0.05) is 17.6 Å². The highest BCUT2D eigenvalue weighted by Gasteiger charge is 2.01. The molecular weight excluding hydrogens is 294 g/mol. The van der Waals surface area contributed by atoms with Gasteiger partial charge in [0.2, 0.25) is 5.91 Å². The van der Waals surface area contributed by atoms with E-state index in [4.69, 9.17) is 11.6 Å². The van der Waals surface area contributed by atoms with Crippen molar-refractivity contribution in [3.8, 4) is 0 Å². The zero-order valence-corrected chi connectivity index (χ0v) is 13.6. The fourth-order valence-electron chi connectivity index (χ4n) is 2.05. The normalized spacial score (nSPS) is 11.1. The molecule has 0 unspecified atom stereocenters. The second kappa shape index (κ2) is 7.81. The predicted octanol–water partition coefficient (Wildman–Crippen LogP) is 4.79. The van der Waals surface area contributed by atoms with Crippen LogP contribution in [0.5, 0.6) is 0 Å². The fourth-order valence-corrected chi connectivity index (χ4v) is 2.25. The van der Waals surface area contributed by atoms with Gasteiger partial charge in [-0.1, -0.05) is 67.9 Å². The van der Waals surface area contributed by atoms with Gasteiger partial charge in [0.15, 0.2) is 0 Å². The van der Waals surface area contributed by atoms with Crippen molar-refractivity contribution in [2.24, 2.45) is 0 Å². The molecule has 2 rings (SSSR count). The molecule has 0 fully saturated rings. The molecule has 0 bridgehead atoms. The molecule has 1 N–H and O–H groups in total. The lowest BCUT2D eigenvalue weighted by Crippen LogP contribution is -2.20. The van der Waals surface area contributed by atoms with Crippen LogP contribution in [0, 0.1) is 0 Å². The number of amides is 1. The third-order valence-corrected chi connectivity index (χ3v) is 3.81. The molecule has 1 amide bonds. The Morgan fingerprint density at radius 1 is 1.14 bits per heavy atom. The van der Waals surface area contributed by atoms with Crippen LogP contribution in [0.4, 0.5) is 0 Å². The predicted molar refractivity (Wildman–Crippen MR) is 92.9 cm³/mol. The SMILES string of the molecule is CC(C)c1ccc(/C=C/C(=O)NCc2ccccc2Cl)cc1. The first-order chi connectivity index (χ1) is 10.6. The highest BCUT2D eigenvalue weighted by atomic mass is 35.5. The third-order valence-electron chi connectivity index (χ3n) is 3.44. The highest BCUT2D eigenvalue weighted by molar-refractivity contribution is 6.31. The molecule has 0 spiro atoms. The lowest BCUT2D eigenvalue weighted by molar-refractivity contribution is -0.116. The van der Waals surface area contributed by atoms with E-state index in [0.717, 1.165) is 11.1 Å². The van der Waals surface area contributed by atoms with Crippen LogP contribution < -0.4 is 5.32 Å². The zero-order valence-electron chi connectivity index (χ0n) is 12.8. The number of carbonyl (C=O) groups excluding carboxylic acids is 1. The van der Waals surface area contributed by atoms with Crippen molar-refractivity contribution in [2.75, 3.05) is 0 Å². The van der Waals surface area contributed by atoms with Gasteiger partial charge in [-0.25, -0.2) is 0 Å². The van der Waals surface area contributed by atoms with Crippen molar-refractivity contribution in [2.45, 2.75) is 26.3 Å². The lowest BCUT2D eigenvalue weighted by Gasteiger charge is -2.05. The Bertz CT molecular complexity index is 659. The van der Waals surface area contributed by atoms with Crippen molar-refractivity contribution in [3.63, 3.8) is 0 Å². The van der Waals surface area contributed by atoms with Crippen molar-refractivity contribution >= 4 is 23.6 Å². The van der Waals surface area contributed by atoms with E-state index in [-0.39, 0.29) is 5.91 Å². The van der Waals surface area contributed by atoms with E-state index in [1.54, 1.807) is 6.08 Å². The summed E-state index contributed by atoms with van der Waals surface area (Å²) in [5.74, 6) is 0.379. The van der Waals surface area contributed by atoms with E-state index < -0.39 is 0 Å². The summed E-state index contributed by atoms with van der Waals surface area (Å²) in [6.07, 6.45) is 3.35. The van der Waals surface area contributed by atoms with E-state index in [2.05, 4.69) is 31.3 Å². The van der Waals surface area contributed by atoms with Gasteiger partial charge in [0.25, 0.3) is 0 Å². The summed E-state index contributed by atoms with van der Waals surface area (Å²) in [6.45, 7) is 4.75. The van der Waals surface area contributed by atoms with E-state index in [1.807, 2.05) is 42.5 Å². The van der Waals surface area contributed by atoms with Crippen LogP contribution in [0.1, 0.15) is 36.5 Å². The van der Waals surface area contributed by atoms with Gasteiger partial charge in [0.1, 0.15) is 0 Å². The van der Waals surface area contributed by atoms with Crippen LogP contribution >= 0.6 is 11.6 Å². The molecule has 0 aromatic heterocycles. The monoisotopic (exact) mass is 313 g/mol. The van der Waals surface area contributed by atoms with Crippen LogP contribution in [0.2, 0.25) is 5.02 Å². The van der Waals surface area contributed by atoms with Crippen LogP contribution in [0.25, 0.3) is 6.08 Å². The Morgan fingerprint density at radius 3 is 2.45 bits per heavy atom. The summed E-state index contributed by atoms with van der Waals surface area (Å²) in [6, 6.07) is 15.7. The van der Waals surface area contributed by atoms with E-state index in [9.17, 15) is 4.79 Å². The molecule has 0 saturated carbocycles. The van der Waals surface area contributed by atoms with Crippen molar-refractivity contribution < 1.29 is 4.79 Å². The quantitative estimate of drug-likeness (QED) is 0.790. The topological polar surface area (TPSA) is 29.1 Å². The summed E-state index contributed by atoms with van der Waals surface area (Å²) < 4.78 is 0. The van der Waals surface area contributed by atoms with E-state index in [1.165, 1.54) is 5.56 Å². The Hall–Kier alpha value is -2.06. The molecular formula is C19H20ClNO. The second-order valence-electron chi connectivity index (χ2n) is 5.46. The number of hydrogen-bond acceptors (Lipinski definition) is 1. The highest BCUT2D eigenvalue weighted by Crippen LogP contribution is 2.16. The summed E-state index contributed by atoms with van der Waals surface area (Å²) in [5.41, 5.74) is 3.21. The smallest absolute Gasteiger partial charge is 0.244 e. The number of carbonyl (C=O) groups is 1. The van der Waals surface area contributed by atoms with Crippen LogP contribution in [-0.2, 0) is 11.3 Å². The number of benzene rings is 2. The molecule has 0 radical (unpaired) electrons. The lowest BCUT2D eigenvalue weighted by atomic mass is 10.0. The molecule has 0 atom stereocenters. The van der Waals surface area contributed by atoms with Crippen LogP contribution in [-0.4, -0.2) is 5.91 Å². The molecule has 0 aliphatic heterocycles. The van der Waals surface area contributed by atoms with Gasteiger partial charge in [-0.05, 0) is 34.8 Å². The van der Waals surface area contributed by atoms with Gasteiger partial charge in [-0.2, -0.15) is 0 Å². The summed E-state index contributed by atoms with van der Waals surface area (Å²) >= 11 is 6.05. The molecule has 2 aromatic carbocycles. The minimum atomic E-state index is -0.132. The van der Waals surface area contributed by atoms with E-state index >= 15 is 0 Å². The minimum absolute atomic E-state index is 0.132. The zero-order chi connectivity index (χ0) is 15.9. The van der Waals surface area contributed by atoms with Crippen molar-refractivity contribution in [1.82, 2.24) is 5.32 Å². The summed E-state index contributed by atoms with van der Waals surface area (Å²) in [4.78, 5) is 11.8. The molecule has 0 aliphatic rings. The maximum Gasteiger partial charge on any atom is 0.244 e. The Kier molecular flexibility index (Phi) is 5.79. The van der Waals surface area contributed by atoms with Crippen molar-refractivity contribution in [3.05, 3.63) is 76.3 Å². The first-order valence-corrected chi connectivity index (χ1v) is 7.73. The summed E-state index contributed by atoms with van der Waals surface area (Å²) in [5, 5.41) is 3.49. The molecule has 2 aromatic rings. The Morgan fingerprint density at radius 2 is 1.82 bits per heavy atom. The molecule has 114 valence electrons. The van der Waals surface area contributed by atoms with Crippen molar-refractivity contribution in [1.29, 1.82) is 0 Å². The third kappa shape index (κ3) is 4.74. The van der Waals surface area contributed by atoms with Gasteiger partial charge < -0.3 is 5.32 Å². The first-order valence-electron chi connectivity index (χ1n) is 7.35. The van der Waals surface area contributed by atoms with Gasteiger partial charge in [-0.15, -0.1) is 0 Å². The molecule has 2 nitrogen and oxygen atoms in total. The van der Waals surface area contributed by atoms with E-state index in [0.29, 0.717) is 17.5 Å². The first kappa shape index (κ1) is 16.3. The molecule has 0 heterocycles. The number of nitrogens with one attached hydrogen (secondary N) is 1. The van der Waals surface area contributed by atoms with Crippen LogP contribution in [0.3, 0.4) is 0 Å². The van der Waals surface area contributed by atoms with Gasteiger partial charge in [0.05, 0.1) is 0 Å². The minimum Gasteiger partial charge on any atom is -0.348 e. The summed E-state index contributed by atoms with van der Waals surface area (Å²) in [7, 11) is 0. The van der Waals surface area contributed by atoms with Gasteiger partial charge >= 0.3 is 0 Å². The molecule has 22 heavy (non-hydrogen) atoms. The van der Waals surface area contributed by atoms with Gasteiger partial charge in [-0.3, -0.25) is 4.79 Å². The average molecular weight is 314 g/mol. The standard InChI is InChI=1S/C19H20ClNO/c1-14(2)16-10-7-15(8-11-16)9-12-19(22)21-13-17-5-3-4-6-18(17)20/h3-12,14H,13H2,1-2H3,(H,21,22)/b12-9+. The van der Waals surface area contributed by atoms with Crippen LogP contribution in [0.15, 0.2) is 54.6 Å². The second-order valence-corrected chi connectivity index (χ2v) is 5.87. The maximum absolute atomic E-state index is 11.8. The average Bonchev–Trinajstić information content (AvgIpc) is 2.52. The maximum atomic E-state index is 11.8. The largest absolute Gasteiger partial charge is 0.348 e. The molecule has 0 saturated heterocycles. The fraction of sp³-hybridized carbons (Fsp3) is 0.211. The Balaban J connectivity index is 1.90.